The maximum absolute atomic E-state index is 10.3. The Morgan fingerprint density at radius 2 is 2.40 bits per heavy atom. The Kier molecular flexibility index (Phi) is 5.72. The monoisotopic (exact) mass is 142 g/mol. The van der Waals surface area contributed by atoms with Crippen LogP contribution in [-0.2, 0) is 4.79 Å². The van der Waals surface area contributed by atoms with Crippen molar-refractivity contribution in [3.63, 3.8) is 0 Å². The van der Waals surface area contributed by atoms with Crippen molar-refractivity contribution in [2.24, 2.45) is 16.9 Å². The highest BCUT2D eigenvalue weighted by molar-refractivity contribution is 5.80. The molecule has 0 aliphatic heterocycles. The van der Waals surface area contributed by atoms with Gasteiger partial charge in [-0.05, 0) is 6.42 Å². The standard InChI is InChI=1S/C7H14N2O/c1-2-3-4-7(6-10)5-9-8/h5-7H,2-4,8H2,1H3/b9-5-. The van der Waals surface area contributed by atoms with Gasteiger partial charge in [-0.25, -0.2) is 0 Å². The fraction of sp³-hybridized carbons (Fsp3) is 0.714. The SMILES string of the molecule is CCCCC(C=O)/C=N\N. The number of carbonyl (C=O) groups is 1. The molecular formula is C7H14N2O. The van der Waals surface area contributed by atoms with Crippen LogP contribution in [0.4, 0.5) is 0 Å². The lowest BCUT2D eigenvalue weighted by Gasteiger charge is -1.99. The van der Waals surface area contributed by atoms with Crippen LogP contribution in [0.3, 0.4) is 0 Å². The second-order valence-corrected chi connectivity index (χ2v) is 2.24. The number of nitrogens with zero attached hydrogens (tertiary/aromatic N) is 1. The fourth-order valence-corrected chi connectivity index (χ4v) is 0.728. The zero-order valence-corrected chi connectivity index (χ0v) is 6.29. The average Bonchev–Trinajstić information content (AvgIpc) is 1.98. The van der Waals surface area contributed by atoms with Crippen LogP contribution in [0.25, 0.3) is 0 Å². The van der Waals surface area contributed by atoms with Crippen molar-refractivity contribution < 1.29 is 4.79 Å². The second kappa shape index (κ2) is 6.26. The summed E-state index contributed by atoms with van der Waals surface area (Å²) in [7, 11) is 0. The van der Waals surface area contributed by atoms with Gasteiger partial charge in [-0.1, -0.05) is 19.8 Å². The van der Waals surface area contributed by atoms with E-state index in [1.807, 2.05) is 0 Å². The number of nitrogens with two attached hydrogens (primary N) is 1. The molecule has 3 heteroatoms. The Balaban J connectivity index is 3.49. The summed E-state index contributed by atoms with van der Waals surface area (Å²) in [6, 6.07) is 0. The summed E-state index contributed by atoms with van der Waals surface area (Å²) >= 11 is 0. The number of rotatable bonds is 5. The molecule has 3 nitrogen and oxygen atoms in total. The molecule has 0 bridgehead atoms. The molecule has 0 rings (SSSR count). The van der Waals surface area contributed by atoms with Gasteiger partial charge in [-0.15, -0.1) is 0 Å². The Hall–Kier alpha value is -0.860. The molecular weight excluding hydrogens is 128 g/mol. The van der Waals surface area contributed by atoms with Crippen LogP contribution < -0.4 is 5.84 Å². The molecule has 1 atom stereocenters. The van der Waals surface area contributed by atoms with E-state index in [1.54, 1.807) is 0 Å². The molecule has 2 N–H and O–H groups in total. The van der Waals surface area contributed by atoms with Gasteiger partial charge >= 0.3 is 0 Å². The summed E-state index contributed by atoms with van der Waals surface area (Å²) < 4.78 is 0. The number of hydrogen-bond donors (Lipinski definition) is 1. The predicted octanol–water partition coefficient (Wildman–Crippen LogP) is 0.936. The average molecular weight is 142 g/mol. The summed E-state index contributed by atoms with van der Waals surface area (Å²) in [6.07, 6.45) is 5.38. The van der Waals surface area contributed by atoms with E-state index in [1.165, 1.54) is 6.21 Å². The predicted molar refractivity (Wildman–Crippen MR) is 41.8 cm³/mol. The van der Waals surface area contributed by atoms with E-state index < -0.39 is 0 Å². The number of hydrogen-bond acceptors (Lipinski definition) is 3. The van der Waals surface area contributed by atoms with Crippen LogP contribution in [0.2, 0.25) is 0 Å². The number of carbonyl (C=O) groups excluding carboxylic acids is 1. The normalized spacial score (nSPS) is 13.7. The summed E-state index contributed by atoms with van der Waals surface area (Å²) in [6.45, 7) is 2.08. The lowest BCUT2D eigenvalue weighted by atomic mass is 10.1. The van der Waals surface area contributed by atoms with Crippen LogP contribution in [0.1, 0.15) is 26.2 Å². The summed E-state index contributed by atoms with van der Waals surface area (Å²) in [4.78, 5) is 10.3. The quantitative estimate of drug-likeness (QED) is 0.269. The van der Waals surface area contributed by atoms with Crippen LogP contribution in [0.15, 0.2) is 5.10 Å². The molecule has 0 aromatic heterocycles. The first-order valence-electron chi connectivity index (χ1n) is 3.53. The first kappa shape index (κ1) is 9.14. The van der Waals surface area contributed by atoms with E-state index >= 15 is 0 Å². The van der Waals surface area contributed by atoms with E-state index in [2.05, 4.69) is 12.0 Å². The van der Waals surface area contributed by atoms with Gasteiger partial charge in [0.1, 0.15) is 6.29 Å². The minimum Gasteiger partial charge on any atom is -0.324 e. The highest BCUT2D eigenvalue weighted by Gasteiger charge is 2.00. The van der Waals surface area contributed by atoms with Crippen molar-refractivity contribution in [1.82, 2.24) is 0 Å². The zero-order chi connectivity index (χ0) is 7.82. The van der Waals surface area contributed by atoms with Gasteiger partial charge in [0.25, 0.3) is 0 Å². The number of unbranched alkanes of at least 4 members (excludes halogenated alkanes) is 1. The third-order valence-electron chi connectivity index (χ3n) is 1.34. The molecule has 0 heterocycles. The molecule has 1 unspecified atom stereocenters. The highest BCUT2D eigenvalue weighted by Crippen LogP contribution is 2.02. The van der Waals surface area contributed by atoms with Crippen LogP contribution in [0.5, 0.6) is 0 Å². The minimum absolute atomic E-state index is 0.0788. The topological polar surface area (TPSA) is 55.5 Å². The molecule has 0 fully saturated rings. The molecule has 0 aliphatic carbocycles. The van der Waals surface area contributed by atoms with Crippen molar-refractivity contribution >= 4 is 12.5 Å². The molecule has 0 aromatic carbocycles. The maximum Gasteiger partial charge on any atom is 0.128 e. The first-order valence-corrected chi connectivity index (χ1v) is 3.53. The Labute approximate surface area is 61.3 Å². The molecule has 0 amide bonds. The van der Waals surface area contributed by atoms with Gasteiger partial charge in [-0.2, -0.15) is 5.10 Å². The van der Waals surface area contributed by atoms with Gasteiger partial charge in [-0.3, -0.25) is 0 Å². The largest absolute Gasteiger partial charge is 0.324 e. The third kappa shape index (κ3) is 4.06. The molecule has 10 heavy (non-hydrogen) atoms. The molecule has 0 saturated heterocycles. The van der Waals surface area contributed by atoms with Crippen molar-refractivity contribution in [3.05, 3.63) is 0 Å². The van der Waals surface area contributed by atoms with Gasteiger partial charge < -0.3 is 10.6 Å². The molecule has 0 aromatic rings. The van der Waals surface area contributed by atoms with E-state index in [4.69, 9.17) is 5.84 Å². The molecule has 0 saturated carbocycles. The van der Waals surface area contributed by atoms with E-state index in [9.17, 15) is 4.79 Å². The van der Waals surface area contributed by atoms with E-state index in [-0.39, 0.29) is 5.92 Å². The van der Waals surface area contributed by atoms with E-state index in [0.29, 0.717) is 0 Å². The maximum atomic E-state index is 10.3. The van der Waals surface area contributed by atoms with Gasteiger partial charge in [0, 0.05) is 6.21 Å². The molecule has 0 spiro atoms. The van der Waals surface area contributed by atoms with Crippen molar-refractivity contribution in [3.8, 4) is 0 Å². The van der Waals surface area contributed by atoms with Gasteiger partial charge in [0.05, 0.1) is 5.92 Å². The molecule has 0 radical (unpaired) electrons. The van der Waals surface area contributed by atoms with Crippen LogP contribution in [-0.4, -0.2) is 12.5 Å². The Morgan fingerprint density at radius 3 is 2.80 bits per heavy atom. The molecule has 58 valence electrons. The summed E-state index contributed by atoms with van der Waals surface area (Å²) in [5.41, 5.74) is 0. The zero-order valence-electron chi connectivity index (χ0n) is 6.29. The van der Waals surface area contributed by atoms with Crippen molar-refractivity contribution in [2.45, 2.75) is 26.2 Å². The smallest absolute Gasteiger partial charge is 0.128 e. The van der Waals surface area contributed by atoms with Crippen LogP contribution in [0, 0.1) is 5.92 Å². The summed E-state index contributed by atoms with van der Waals surface area (Å²) in [5, 5.41) is 3.30. The molecule has 0 aliphatic rings. The van der Waals surface area contributed by atoms with Crippen molar-refractivity contribution in [1.29, 1.82) is 0 Å². The van der Waals surface area contributed by atoms with Gasteiger partial charge in [0.15, 0.2) is 0 Å². The third-order valence-corrected chi connectivity index (χ3v) is 1.34. The van der Waals surface area contributed by atoms with Gasteiger partial charge in [0.2, 0.25) is 0 Å². The minimum atomic E-state index is -0.0788. The lowest BCUT2D eigenvalue weighted by molar-refractivity contribution is -0.109. The van der Waals surface area contributed by atoms with E-state index in [0.717, 1.165) is 25.5 Å². The second-order valence-electron chi connectivity index (χ2n) is 2.24. The fourth-order valence-electron chi connectivity index (χ4n) is 0.728. The highest BCUT2D eigenvalue weighted by atomic mass is 16.1. The Bertz CT molecular complexity index is 112. The summed E-state index contributed by atoms with van der Waals surface area (Å²) in [5.74, 6) is 4.81. The first-order chi connectivity index (χ1) is 4.85. The Morgan fingerprint density at radius 1 is 1.70 bits per heavy atom. The van der Waals surface area contributed by atoms with Crippen LogP contribution >= 0.6 is 0 Å². The number of hydrazone groups is 1. The lowest BCUT2D eigenvalue weighted by Crippen LogP contribution is -2.04. The van der Waals surface area contributed by atoms with Crippen molar-refractivity contribution in [2.75, 3.05) is 0 Å². The number of aldehydes is 1.